The van der Waals surface area contributed by atoms with Crippen LogP contribution in [0.4, 0.5) is 0 Å². The van der Waals surface area contributed by atoms with Crippen LogP contribution in [0.15, 0.2) is 35.2 Å². The number of carbonyl (C=O) groups excluding carboxylic acids is 2. The Morgan fingerprint density at radius 3 is 2.43 bits per heavy atom. The van der Waals surface area contributed by atoms with E-state index in [4.69, 9.17) is 0 Å². The molecule has 2 aliphatic rings. The first-order valence-corrected chi connectivity index (χ1v) is 11.5. The lowest BCUT2D eigenvalue weighted by molar-refractivity contribution is -0.131. The minimum atomic E-state index is -3.61. The van der Waals surface area contributed by atoms with Crippen molar-refractivity contribution >= 4 is 21.8 Å². The lowest BCUT2D eigenvalue weighted by Crippen LogP contribution is -2.51. The minimum absolute atomic E-state index is 0.139. The molecular formula is C20H29N3O4S. The summed E-state index contributed by atoms with van der Waals surface area (Å²) in [6.07, 6.45) is 5.46. The Morgan fingerprint density at radius 1 is 1.07 bits per heavy atom. The first kappa shape index (κ1) is 20.8. The molecule has 2 amide bonds. The summed E-state index contributed by atoms with van der Waals surface area (Å²) in [7, 11) is -3.61. The molecule has 1 saturated carbocycles. The average molecular weight is 408 g/mol. The predicted molar refractivity (Wildman–Crippen MR) is 106 cm³/mol. The maximum Gasteiger partial charge on any atom is 0.243 e. The molecule has 0 aromatic heterocycles. The standard InChI is InChI=1S/C20H29N3O4S/c1-15(19(24)22-17-9-5-6-10-17)21-20(25)16-8-7-13-23(14-16)28(26,27)18-11-3-2-4-12-18/h2-4,11-12,15-17H,5-10,13-14H2,1H3,(H,21,25)(H,22,24). The normalized spacial score (nSPS) is 22.5. The van der Waals surface area contributed by atoms with Gasteiger partial charge in [-0.3, -0.25) is 9.59 Å². The number of amides is 2. The molecule has 1 saturated heterocycles. The van der Waals surface area contributed by atoms with E-state index in [0.717, 1.165) is 25.7 Å². The van der Waals surface area contributed by atoms with Crippen LogP contribution in [0.3, 0.4) is 0 Å². The quantitative estimate of drug-likeness (QED) is 0.750. The van der Waals surface area contributed by atoms with Crippen LogP contribution in [0.2, 0.25) is 0 Å². The topological polar surface area (TPSA) is 95.6 Å². The zero-order valence-corrected chi connectivity index (χ0v) is 17.1. The third-order valence-electron chi connectivity index (χ3n) is 5.59. The van der Waals surface area contributed by atoms with Crippen LogP contribution < -0.4 is 10.6 Å². The molecular weight excluding hydrogens is 378 g/mol. The number of sulfonamides is 1. The molecule has 8 heteroatoms. The summed E-state index contributed by atoms with van der Waals surface area (Å²) in [4.78, 5) is 25.2. The molecule has 1 aliphatic heterocycles. The smallest absolute Gasteiger partial charge is 0.243 e. The van der Waals surface area contributed by atoms with Gasteiger partial charge in [0.2, 0.25) is 21.8 Å². The Balaban J connectivity index is 1.57. The largest absolute Gasteiger partial charge is 0.352 e. The molecule has 1 aliphatic carbocycles. The fourth-order valence-electron chi connectivity index (χ4n) is 3.91. The Bertz CT molecular complexity index is 791. The maximum absolute atomic E-state index is 12.8. The van der Waals surface area contributed by atoms with Crippen molar-refractivity contribution in [2.75, 3.05) is 13.1 Å². The van der Waals surface area contributed by atoms with E-state index in [0.29, 0.717) is 19.4 Å². The average Bonchev–Trinajstić information content (AvgIpc) is 3.21. The molecule has 1 aromatic rings. The zero-order valence-electron chi connectivity index (χ0n) is 16.3. The van der Waals surface area contributed by atoms with Crippen molar-refractivity contribution in [2.24, 2.45) is 5.92 Å². The molecule has 2 fully saturated rings. The number of carbonyl (C=O) groups is 2. The van der Waals surface area contributed by atoms with Gasteiger partial charge >= 0.3 is 0 Å². The maximum atomic E-state index is 12.8. The molecule has 154 valence electrons. The Kier molecular flexibility index (Phi) is 6.72. The van der Waals surface area contributed by atoms with Gasteiger partial charge in [0.15, 0.2) is 0 Å². The second-order valence-corrected chi connectivity index (χ2v) is 9.67. The van der Waals surface area contributed by atoms with Gasteiger partial charge in [0.25, 0.3) is 0 Å². The van der Waals surface area contributed by atoms with Crippen LogP contribution in [-0.2, 0) is 19.6 Å². The number of benzene rings is 1. The van der Waals surface area contributed by atoms with Crippen molar-refractivity contribution in [1.29, 1.82) is 0 Å². The summed E-state index contributed by atoms with van der Waals surface area (Å²) in [6.45, 7) is 2.21. The molecule has 28 heavy (non-hydrogen) atoms. The van der Waals surface area contributed by atoms with Gasteiger partial charge in [-0.15, -0.1) is 0 Å². The van der Waals surface area contributed by atoms with Crippen molar-refractivity contribution in [3.8, 4) is 0 Å². The van der Waals surface area contributed by atoms with Crippen molar-refractivity contribution in [2.45, 2.75) is 62.4 Å². The van der Waals surface area contributed by atoms with Crippen molar-refractivity contribution in [1.82, 2.24) is 14.9 Å². The summed E-state index contributed by atoms with van der Waals surface area (Å²) < 4.78 is 27.0. The van der Waals surface area contributed by atoms with E-state index in [2.05, 4.69) is 10.6 Å². The minimum Gasteiger partial charge on any atom is -0.352 e. The number of nitrogens with zero attached hydrogens (tertiary/aromatic N) is 1. The highest BCUT2D eigenvalue weighted by atomic mass is 32.2. The van der Waals surface area contributed by atoms with Gasteiger partial charge in [0.05, 0.1) is 10.8 Å². The molecule has 1 heterocycles. The fourth-order valence-corrected chi connectivity index (χ4v) is 5.45. The van der Waals surface area contributed by atoms with E-state index in [1.165, 1.54) is 4.31 Å². The molecule has 2 unspecified atom stereocenters. The van der Waals surface area contributed by atoms with Crippen LogP contribution in [0.25, 0.3) is 0 Å². The third kappa shape index (κ3) is 4.91. The molecule has 2 atom stereocenters. The van der Waals surface area contributed by atoms with Crippen LogP contribution >= 0.6 is 0 Å². The van der Waals surface area contributed by atoms with Crippen LogP contribution in [-0.4, -0.2) is 49.7 Å². The number of rotatable bonds is 6. The van der Waals surface area contributed by atoms with Gasteiger partial charge in [0.1, 0.15) is 6.04 Å². The second-order valence-electron chi connectivity index (χ2n) is 7.74. The Labute approximate surface area is 166 Å². The lowest BCUT2D eigenvalue weighted by Gasteiger charge is -2.31. The van der Waals surface area contributed by atoms with Gasteiger partial charge in [-0.1, -0.05) is 31.0 Å². The molecule has 3 rings (SSSR count). The molecule has 0 spiro atoms. The van der Waals surface area contributed by atoms with Gasteiger partial charge in [0, 0.05) is 19.1 Å². The van der Waals surface area contributed by atoms with E-state index in [1.54, 1.807) is 37.3 Å². The molecule has 2 N–H and O–H groups in total. The Hall–Kier alpha value is -1.93. The van der Waals surface area contributed by atoms with E-state index in [1.807, 2.05) is 0 Å². The summed E-state index contributed by atoms with van der Waals surface area (Å²) in [5, 5.41) is 5.74. The molecule has 1 aromatic carbocycles. The van der Waals surface area contributed by atoms with E-state index in [9.17, 15) is 18.0 Å². The Morgan fingerprint density at radius 2 is 1.75 bits per heavy atom. The van der Waals surface area contributed by atoms with E-state index < -0.39 is 22.0 Å². The van der Waals surface area contributed by atoms with Gasteiger partial charge in [-0.2, -0.15) is 4.31 Å². The second kappa shape index (κ2) is 9.05. The van der Waals surface area contributed by atoms with Crippen molar-refractivity contribution in [3.05, 3.63) is 30.3 Å². The van der Waals surface area contributed by atoms with Gasteiger partial charge < -0.3 is 10.6 Å². The SMILES string of the molecule is CC(NC(=O)C1CCCN(S(=O)(=O)c2ccccc2)C1)C(=O)NC1CCCC1. The molecule has 0 radical (unpaired) electrons. The first-order chi connectivity index (χ1) is 13.4. The first-order valence-electron chi connectivity index (χ1n) is 10.0. The van der Waals surface area contributed by atoms with Crippen LogP contribution in [0.5, 0.6) is 0 Å². The van der Waals surface area contributed by atoms with E-state index in [-0.39, 0.29) is 29.3 Å². The summed E-state index contributed by atoms with van der Waals surface area (Å²) in [5.41, 5.74) is 0. The highest BCUT2D eigenvalue weighted by molar-refractivity contribution is 7.89. The lowest BCUT2D eigenvalue weighted by atomic mass is 9.98. The van der Waals surface area contributed by atoms with Gasteiger partial charge in [-0.25, -0.2) is 8.42 Å². The summed E-state index contributed by atoms with van der Waals surface area (Å²) >= 11 is 0. The number of piperidine rings is 1. The van der Waals surface area contributed by atoms with E-state index >= 15 is 0 Å². The van der Waals surface area contributed by atoms with Gasteiger partial charge in [-0.05, 0) is 44.7 Å². The summed E-state index contributed by atoms with van der Waals surface area (Å²) in [6, 6.07) is 7.84. The highest BCUT2D eigenvalue weighted by Crippen LogP contribution is 2.24. The van der Waals surface area contributed by atoms with Crippen LogP contribution in [0, 0.1) is 5.92 Å². The molecule has 0 bridgehead atoms. The zero-order chi connectivity index (χ0) is 20.1. The van der Waals surface area contributed by atoms with Crippen molar-refractivity contribution in [3.63, 3.8) is 0 Å². The predicted octanol–water partition coefficient (Wildman–Crippen LogP) is 1.65. The van der Waals surface area contributed by atoms with Crippen LogP contribution in [0.1, 0.15) is 45.4 Å². The number of hydrogen-bond acceptors (Lipinski definition) is 4. The summed E-state index contributed by atoms with van der Waals surface area (Å²) in [5.74, 6) is -0.888. The molecule has 7 nitrogen and oxygen atoms in total. The fraction of sp³-hybridized carbons (Fsp3) is 0.600. The van der Waals surface area contributed by atoms with Crippen molar-refractivity contribution < 1.29 is 18.0 Å². The number of nitrogens with one attached hydrogen (secondary N) is 2. The number of hydrogen-bond donors (Lipinski definition) is 2. The highest BCUT2D eigenvalue weighted by Gasteiger charge is 2.34. The monoisotopic (exact) mass is 407 g/mol. The third-order valence-corrected chi connectivity index (χ3v) is 7.47.